The lowest BCUT2D eigenvalue weighted by atomic mass is 9.87. The molecule has 1 aromatic heterocycles. The van der Waals surface area contributed by atoms with Gasteiger partial charge >= 0.3 is 0 Å². The van der Waals surface area contributed by atoms with Gasteiger partial charge < -0.3 is 18.8 Å². The van der Waals surface area contributed by atoms with Gasteiger partial charge in [-0.25, -0.2) is 0 Å². The maximum absolute atomic E-state index is 12.5. The summed E-state index contributed by atoms with van der Waals surface area (Å²) in [6.45, 7) is 2.28. The normalized spacial score (nSPS) is 19.3. The molecule has 0 aliphatic heterocycles. The van der Waals surface area contributed by atoms with Crippen LogP contribution >= 0.6 is 11.8 Å². The average molecular weight is 406 g/mol. The highest BCUT2D eigenvalue weighted by Gasteiger charge is 2.25. The molecule has 1 fully saturated rings. The standard InChI is InChI=1S/C20H27N3O4S/c1-13-5-8-15(9-6-13)23(2)18(24)12-28-20-22-21-19(27-20)14-7-10-16(25-3)17(11-14)26-4/h7,10-11,13,15H,5-6,8-9,12H2,1-4H3. The zero-order valence-corrected chi connectivity index (χ0v) is 17.6. The predicted octanol–water partition coefficient (Wildman–Crippen LogP) is 3.88. The van der Waals surface area contributed by atoms with Gasteiger partial charge in [0.05, 0.1) is 20.0 Å². The molecule has 0 radical (unpaired) electrons. The summed E-state index contributed by atoms with van der Waals surface area (Å²) in [5.41, 5.74) is 0.733. The molecule has 0 unspecified atom stereocenters. The number of carbonyl (C=O) groups is 1. The third-order valence-electron chi connectivity index (χ3n) is 5.28. The van der Waals surface area contributed by atoms with Crippen LogP contribution in [0.3, 0.4) is 0 Å². The number of thioether (sulfide) groups is 1. The van der Waals surface area contributed by atoms with Gasteiger partial charge in [-0.1, -0.05) is 18.7 Å². The Hall–Kier alpha value is -2.22. The monoisotopic (exact) mass is 405 g/mol. The summed E-state index contributed by atoms with van der Waals surface area (Å²) in [4.78, 5) is 14.4. The molecule has 7 nitrogen and oxygen atoms in total. The van der Waals surface area contributed by atoms with Gasteiger partial charge in [0, 0.05) is 18.7 Å². The first-order chi connectivity index (χ1) is 13.5. The molecular weight excluding hydrogens is 378 g/mol. The number of amides is 1. The molecular formula is C20H27N3O4S. The van der Waals surface area contributed by atoms with Gasteiger partial charge in [0.25, 0.3) is 5.22 Å². The van der Waals surface area contributed by atoms with Crippen molar-refractivity contribution >= 4 is 17.7 Å². The zero-order chi connectivity index (χ0) is 20.1. The Kier molecular flexibility index (Phi) is 6.83. The molecule has 0 bridgehead atoms. The highest BCUT2D eigenvalue weighted by atomic mass is 32.2. The Morgan fingerprint density at radius 1 is 1.18 bits per heavy atom. The van der Waals surface area contributed by atoms with E-state index in [2.05, 4.69) is 17.1 Å². The van der Waals surface area contributed by atoms with Crippen LogP contribution < -0.4 is 9.47 Å². The van der Waals surface area contributed by atoms with Gasteiger partial charge in [0.2, 0.25) is 11.8 Å². The van der Waals surface area contributed by atoms with Gasteiger partial charge in [0.15, 0.2) is 11.5 Å². The third kappa shape index (κ3) is 4.79. The van der Waals surface area contributed by atoms with Crippen LogP contribution in [0.1, 0.15) is 32.6 Å². The Balaban J connectivity index is 1.58. The number of ether oxygens (including phenoxy) is 2. The lowest BCUT2D eigenvalue weighted by Crippen LogP contribution is -2.40. The van der Waals surface area contributed by atoms with Crippen molar-refractivity contribution < 1.29 is 18.7 Å². The minimum Gasteiger partial charge on any atom is -0.493 e. The summed E-state index contributed by atoms with van der Waals surface area (Å²) in [5.74, 6) is 2.75. The van der Waals surface area contributed by atoms with Crippen molar-refractivity contribution in [3.05, 3.63) is 18.2 Å². The average Bonchev–Trinajstić information content (AvgIpc) is 3.20. The second kappa shape index (κ2) is 9.32. The molecule has 0 N–H and O–H groups in total. The van der Waals surface area contributed by atoms with Gasteiger partial charge in [-0.15, -0.1) is 10.2 Å². The summed E-state index contributed by atoms with van der Waals surface area (Å²) in [6, 6.07) is 5.74. The van der Waals surface area contributed by atoms with Crippen LogP contribution in [0, 0.1) is 5.92 Å². The largest absolute Gasteiger partial charge is 0.493 e. The van der Waals surface area contributed by atoms with Gasteiger partial charge in [-0.05, 0) is 49.8 Å². The van der Waals surface area contributed by atoms with E-state index in [0.717, 1.165) is 24.3 Å². The minimum absolute atomic E-state index is 0.0930. The highest BCUT2D eigenvalue weighted by Crippen LogP contribution is 2.33. The summed E-state index contributed by atoms with van der Waals surface area (Å²) >= 11 is 1.27. The number of hydrogen-bond acceptors (Lipinski definition) is 7. The third-order valence-corrected chi connectivity index (χ3v) is 6.09. The molecule has 3 rings (SSSR count). The van der Waals surface area contributed by atoms with Crippen molar-refractivity contribution in [1.82, 2.24) is 15.1 Å². The van der Waals surface area contributed by atoms with Crippen LogP contribution in [0.5, 0.6) is 11.5 Å². The summed E-state index contributed by atoms with van der Waals surface area (Å²) in [5, 5.41) is 8.51. The van der Waals surface area contributed by atoms with Gasteiger partial charge in [-0.3, -0.25) is 4.79 Å². The van der Waals surface area contributed by atoms with Crippen molar-refractivity contribution in [2.24, 2.45) is 5.92 Å². The number of aromatic nitrogens is 2. The first kappa shape index (κ1) is 20.5. The Morgan fingerprint density at radius 3 is 2.57 bits per heavy atom. The van der Waals surface area contributed by atoms with Crippen LogP contribution in [-0.4, -0.2) is 54.1 Å². The van der Waals surface area contributed by atoms with Crippen molar-refractivity contribution in [2.75, 3.05) is 27.0 Å². The number of rotatable bonds is 7. The fourth-order valence-electron chi connectivity index (χ4n) is 3.41. The molecule has 8 heteroatoms. The Morgan fingerprint density at radius 2 is 1.89 bits per heavy atom. The smallest absolute Gasteiger partial charge is 0.277 e. The van der Waals surface area contributed by atoms with E-state index in [4.69, 9.17) is 13.9 Å². The summed E-state index contributed by atoms with van der Waals surface area (Å²) in [6.07, 6.45) is 4.54. The molecule has 1 aliphatic rings. The highest BCUT2D eigenvalue weighted by molar-refractivity contribution is 7.99. The first-order valence-electron chi connectivity index (χ1n) is 9.46. The molecule has 1 aromatic carbocycles. The zero-order valence-electron chi connectivity index (χ0n) is 16.8. The molecule has 1 saturated carbocycles. The SMILES string of the molecule is COc1ccc(-c2nnc(SCC(=O)N(C)C3CCC(C)CC3)o2)cc1OC. The predicted molar refractivity (Wildman–Crippen MR) is 108 cm³/mol. The molecule has 0 spiro atoms. The lowest BCUT2D eigenvalue weighted by Gasteiger charge is -2.33. The minimum atomic E-state index is 0.0930. The molecule has 2 aromatic rings. The van der Waals surface area contributed by atoms with E-state index in [1.54, 1.807) is 26.4 Å². The fourth-order valence-corrected chi connectivity index (χ4v) is 4.10. The molecule has 0 atom stereocenters. The number of hydrogen-bond donors (Lipinski definition) is 0. The van der Waals surface area contributed by atoms with E-state index in [0.29, 0.717) is 28.7 Å². The van der Waals surface area contributed by atoms with E-state index in [1.165, 1.54) is 24.6 Å². The van der Waals surface area contributed by atoms with Crippen LogP contribution in [0.25, 0.3) is 11.5 Å². The second-order valence-electron chi connectivity index (χ2n) is 7.15. The van der Waals surface area contributed by atoms with E-state index in [1.807, 2.05) is 18.0 Å². The number of methoxy groups -OCH3 is 2. The molecule has 1 amide bonds. The number of carbonyl (C=O) groups excluding carboxylic acids is 1. The van der Waals surface area contributed by atoms with E-state index < -0.39 is 0 Å². The Bertz CT molecular complexity index is 802. The van der Waals surface area contributed by atoms with E-state index >= 15 is 0 Å². The first-order valence-corrected chi connectivity index (χ1v) is 10.4. The Labute approximate surface area is 169 Å². The van der Waals surface area contributed by atoms with Crippen LogP contribution in [0.2, 0.25) is 0 Å². The topological polar surface area (TPSA) is 77.7 Å². The van der Waals surface area contributed by atoms with E-state index in [-0.39, 0.29) is 11.7 Å². The molecule has 28 heavy (non-hydrogen) atoms. The van der Waals surface area contributed by atoms with E-state index in [9.17, 15) is 4.79 Å². The van der Waals surface area contributed by atoms with Crippen molar-refractivity contribution in [3.8, 4) is 23.0 Å². The summed E-state index contributed by atoms with van der Waals surface area (Å²) < 4.78 is 16.2. The van der Waals surface area contributed by atoms with Crippen molar-refractivity contribution in [2.45, 2.75) is 43.9 Å². The maximum Gasteiger partial charge on any atom is 0.277 e. The molecule has 0 saturated heterocycles. The van der Waals surface area contributed by atoms with Gasteiger partial charge in [0.1, 0.15) is 0 Å². The molecule has 1 aliphatic carbocycles. The van der Waals surface area contributed by atoms with Crippen molar-refractivity contribution in [3.63, 3.8) is 0 Å². The van der Waals surface area contributed by atoms with Crippen molar-refractivity contribution in [1.29, 1.82) is 0 Å². The quantitative estimate of drug-likeness (QED) is 0.647. The molecule has 1 heterocycles. The summed E-state index contributed by atoms with van der Waals surface area (Å²) in [7, 11) is 5.05. The second-order valence-corrected chi connectivity index (χ2v) is 8.08. The fraction of sp³-hybridized carbons (Fsp3) is 0.550. The maximum atomic E-state index is 12.5. The molecule has 152 valence electrons. The van der Waals surface area contributed by atoms with Crippen LogP contribution in [0.4, 0.5) is 0 Å². The number of benzene rings is 1. The van der Waals surface area contributed by atoms with Crippen LogP contribution in [-0.2, 0) is 4.79 Å². The van der Waals surface area contributed by atoms with Gasteiger partial charge in [-0.2, -0.15) is 0 Å². The number of nitrogens with zero attached hydrogens (tertiary/aromatic N) is 3. The lowest BCUT2D eigenvalue weighted by molar-refractivity contribution is -0.129. The van der Waals surface area contributed by atoms with Crippen LogP contribution in [0.15, 0.2) is 27.8 Å².